The van der Waals surface area contributed by atoms with Crippen molar-refractivity contribution in [3.8, 4) is 11.5 Å². The van der Waals surface area contributed by atoms with Crippen molar-refractivity contribution in [1.29, 1.82) is 0 Å². The molecule has 3 rings (SSSR count). The molecule has 2 atom stereocenters. The maximum Gasteiger partial charge on any atom is 0.124 e. The molecule has 0 aliphatic carbocycles. The largest absolute Gasteiger partial charge is 0.507 e. The molecule has 0 saturated carbocycles. The molecule has 1 saturated heterocycles. The van der Waals surface area contributed by atoms with E-state index in [9.17, 15) is 5.11 Å². The van der Waals surface area contributed by atoms with Gasteiger partial charge in [-0.05, 0) is 68.7 Å². The van der Waals surface area contributed by atoms with E-state index >= 15 is 0 Å². The Labute approximate surface area is 168 Å². The number of rotatable bonds is 7. The SMILES string of the molecule is COc1ccccc1[C@H](CCN=Cc1ccccc1O)[C@@H]1CCOC(C)(C)C1. The number of hydrogen-bond acceptors (Lipinski definition) is 4. The van der Waals surface area contributed by atoms with E-state index in [1.54, 1.807) is 19.4 Å². The van der Waals surface area contributed by atoms with Gasteiger partial charge in [0.25, 0.3) is 0 Å². The van der Waals surface area contributed by atoms with Gasteiger partial charge in [-0.2, -0.15) is 0 Å². The molecule has 0 bridgehead atoms. The standard InChI is InChI=1S/C24H31NO3/c1-24(2)16-18(13-15-28-24)20(21-9-5-7-11-23(21)27-3)12-14-25-17-19-8-4-6-10-22(19)26/h4-11,17-18,20,26H,12-16H2,1-3H3/t18-,20-/m1/s1. The van der Waals surface area contributed by atoms with Crippen LogP contribution >= 0.6 is 0 Å². The van der Waals surface area contributed by atoms with Crippen LogP contribution in [0.4, 0.5) is 0 Å². The molecule has 4 nitrogen and oxygen atoms in total. The minimum absolute atomic E-state index is 0.0950. The minimum atomic E-state index is -0.0950. The highest BCUT2D eigenvalue weighted by molar-refractivity contribution is 5.83. The fourth-order valence-electron chi connectivity index (χ4n) is 4.21. The van der Waals surface area contributed by atoms with Crippen molar-refractivity contribution < 1.29 is 14.6 Å². The lowest BCUT2D eigenvalue weighted by atomic mass is 9.75. The molecule has 1 aliphatic heterocycles. The molecular formula is C24H31NO3. The Balaban J connectivity index is 1.77. The topological polar surface area (TPSA) is 51.0 Å². The van der Waals surface area contributed by atoms with Crippen LogP contribution < -0.4 is 4.74 Å². The van der Waals surface area contributed by atoms with Gasteiger partial charge >= 0.3 is 0 Å². The summed E-state index contributed by atoms with van der Waals surface area (Å²) in [6.07, 6.45) is 4.78. The van der Waals surface area contributed by atoms with Crippen LogP contribution in [0.25, 0.3) is 0 Å². The van der Waals surface area contributed by atoms with Gasteiger partial charge in [0.2, 0.25) is 0 Å². The summed E-state index contributed by atoms with van der Waals surface area (Å²) in [5.74, 6) is 2.10. The van der Waals surface area contributed by atoms with Gasteiger partial charge < -0.3 is 14.6 Å². The summed E-state index contributed by atoms with van der Waals surface area (Å²) in [5, 5.41) is 9.91. The Morgan fingerprint density at radius 3 is 2.71 bits per heavy atom. The summed E-state index contributed by atoms with van der Waals surface area (Å²) >= 11 is 0. The van der Waals surface area contributed by atoms with Crippen molar-refractivity contribution >= 4 is 6.21 Å². The molecule has 28 heavy (non-hydrogen) atoms. The number of aliphatic imine (C=N–C) groups is 1. The summed E-state index contributed by atoms with van der Waals surface area (Å²) in [7, 11) is 1.74. The molecule has 1 fully saturated rings. The quantitative estimate of drug-likeness (QED) is 0.671. The van der Waals surface area contributed by atoms with Crippen molar-refractivity contribution in [2.45, 2.75) is 44.6 Å². The molecule has 0 aromatic heterocycles. The number of phenolic OH excluding ortho intramolecular Hbond substituents is 1. The number of methoxy groups -OCH3 is 1. The molecule has 1 aliphatic rings. The van der Waals surface area contributed by atoms with Gasteiger partial charge in [-0.15, -0.1) is 0 Å². The van der Waals surface area contributed by atoms with E-state index in [-0.39, 0.29) is 11.4 Å². The van der Waals surface area contributed by atoms with Crippen molar-refractivity contribution in [2.75, 3.05) is 20.3 Å². The van der Waals surface area contributed by atoms with Crippen LogP contribution in [-0.4, -0.2) is 37.2 Å². The molecule has 1 N–H and O–H groups in total. The number of benzene rings is 2. The van der Waals surface area contributed by atoms with E-state index in [0.29, 0.717) is 18.4 Å². The fraction of sp³-hybridized carbons (Fsp3) is 0.458. The Morgan fingerprint density at radius 2 is 1.96 bits per heavy atom. The zero-order valence-electron chi connectivity index (χ0n) is 17.1. The maximum atomic E-state index is 9.91. The summed E-state index contributed by atoms with van der Waals surface area (Å²) in [4.78, 5) is 4.60. The third-order valence-electron chi connectivity index (χ3n) is 5.58. The molecular weight excluding hydrogens is 350 g/mol. The maximum absolute atomic E-state index is 9.91. The Hall–Kier alpha value is -2.33. The van der Waals surface area contributed by atoms with Crippen LogP contribution in [0.15, 0.2) is 53.5 Å². The highest BCUT2D eigenvalue weighted by Crippen LogP contribution is 2.42. The minimum Gasteiger partial charge on any atom is -0.507 e. The zero-order valence-corrected chi connectivity index (χ0v) is 17.1. The number of hydrogen-bond donors (Lipinski definition) is 1. The second-order valence-electron chi connectivity index (χ2n) is 8.09. The smallest absolute Gasteiger partial charge is 0.124 e. The lowest BCUT2D eigenvalue weighted by molar-refractivity contribution is -0.0771. The third kappa shape index (κ3) is 5.14. The van der Waals surface area contributed by atoms with Gasteiger partial charge in [0, 0.05) is 24.9 Å². The van der Waals surface area contributed by atoms with E-state index in [0.717, 1.165) is 37.2 Å². The van der Waals surface area contributed by atoms with Gasteiger partial charge in [-0.3, -0.25) is 4.99 Å². The normalized spacial score (nSPS) is 20.2. The Morgan fingerprint density at radius 1 is 1.21 bits per heavy atom. The Bertz CT molecular complexity index is 800. The summed E-state index contributed by atoms with van der Waals surface area (Å²) in [6.45, 7) is 5.85. The van der Waals surface area contributed by atoms with Crippen LogP contribution in [-0.2, 0) is 4.74 Å². The predicted molar refractivity (Wildman–Crippen MR) is 114 cm³/mol. The van der Waals surface area contributed by atoms with Gasteiger partial charge in [-0.25, -0.2) is 0 Å². The van der Waals surface area contributed by atoms with E-state index in [2.05, 4.69) is 31.0 Å². The predicted octanol–water partition coefficient (Wildman–Crippen LogP) is 5.20. The molecule has 2 aromatic carbocycles. The molecule has 4 heteroatoms. The van der Waals surface area contributed by atoms with Gasteiger partial charge in [0.1, 0.15) is 11.5 Å². The molecule has 0 radical (unpaired) electrons. The number of para-hydroxylation sites is 2. The first kappa shape index (κ1) is 20.4. The number of ether oxygens (including phenoxy) is 2. The second-order valence-corrected chi connectivity index (χ2v) is 8.09. The van der Waals surface area contributed by atoms with Crippen molar-refractivity contribution in [3.05, 3.63) is 59.7 Å². The van der Waals surface area contributed by atoms with Gasteiger partial charge in [0.05, 0.1) is 12.7 Å². The van der Waals surface area contributed by atoms with Crippen molar-refractivity contribution in [3.63, 3.8) is 0 Å². The van der Waals surface area contributed by atoms with E-state index in [1.807, 2.05) is 30.3 Å². The van der Waals surface area contributed by atoms with Crippen LogP contribution in [0.3, 0.4) is 0 Å². The van der Waals surface area contributed by atoms with Crippen LogP contribution in [0, 0.1) is 5.92 Å². The van der Waals surface area contributed by atoms with E-state index < -0.39 is 0 Å². The van der Waals surface area contributed by atoms with Crippen LogP contribution in [0.2, 0.25) is 0 Å². The molecule has 0 amide bonds. The molecule has 2 aromatic rings. The molecule has 150 valence electrons. The lowest BCUT2D eigenvalue weighted by Gasteiger charge is -2.39. The fourth-order valence-corrected chi connectivity index (χ4v) is 4.21. The highest BCUT2D eigenvalue weighted by Gasteiger charge is 2.34. The average molecular weight is 382 g/mol. The van der Waals surface area contributed by atoms with Crippen molar-refractivity contribution in [1.82, 2.24) is 0 Å². The third-order valence-corrected chi connectivity index (χ3v) is 5.58. The van der Waals surface area contributed by atoms with Gasteiger partial charge in [0.15, 0.2) is 0 Å². The van der Waals surface area contributed by atoms with Crippen LogP contribution in [0.1, 0.15) is 50.2 Å². The monoisotopic (exact) mass is 381 g/mol. The first-order valence-electron chi connectivity index (χ1n) is 10.0. The summed E-state index contributed by atoms with van der Waals surface area (Å²) in [6, 6.07) is 15.6. The highest BCUT2D eigenvalue weighted by atomic mass is 16.5. The number of phenols is 1. The number of aromatic hydroxyl groups is 1. The number of nitrogens with zero attached hydrogens (tertiary/aromatic N) is 1. The Kier molecular flexibility index (Phi) is 6.74. The molecule has 0 spiro atoms. The average Bonchev–Trinajstić information content (AvgIpc) is 2.68. The van der Waals surface area contributed by atoms with E-state index in [1.165, 1.54) is 5.56 Å². The lowest BCUT2D eigenvalue weighted by Crippen LogP contribution is -2.36. The zero-order chi connectivity index (χ0) is 20.0. The summed E-state index contributed by atoms with van der Waals surface area (Å²) in [5.41, 5.74) is 1.91. The van der Waals surface area contributed by atoms with Crippen LogP contribution in [0.5, 0.6) is 11.5 Å². The van der Waals surface area contributed by atoms with Crippen molar-refractivity contribution in [2.24, 2.45) is 10.9 Å². The second kappa shape index (κ2) is 9.24. The van der Waals surface area contributed by atoms with Gasteiger partial charge in [-0.1, -0.05) is 30.3 Å². The molecule has 0 unspecified atom stereocenters. The first-order valence-corrected chi connectivity index (χ1v) is 10.0. The first-order chi connectivity index (χ1) is 13.5. The summed E-state index contributed by atoms with van der Waals surface area (Å²) < 4.78 is 11.6. The molecule has 1 heterocycles. The van der Waals surface area contributed by atoms with E-state index in [4.69, 9.17) is 9.47 Å².